The quantitative estimate of drug-likeness (QED) is 0.535. The normalized spacial score (nSPS) is 11.2. The summed E-state index contributed by atoms with van der Waals surface area (Å²) in [5.74, 6) is 0.674. The van der Waals surface area contributed by atoms with E-state index in [0.29, 0.717) is 35.3 Å². The lowest BCUT2D eigenvalue weighted by molar-refractivity contribution is -0.116. The van der Waals surface area contributed by atoms with Gasteiger partial charge in [-0.25, -0.2) is 4.98 Å². The Bertz CT molecular complexity index is 981. The van der Waals surface area contributed by atoms with Crippen molar-refractivity contribution in [3.63, 3.8) is 0 Å². The van der Waals surface area contributed by atoms with Gasteiger partial charge >= 0.3 is 0 Å². The van der Waals surface area contributed by atoms with Crippen molar-refractivity contribution in [2.24, 2.45) is 0 Å². The Hall–Kier alpha value is -2.50. The van der Waals surface area contributed by atoms with Gasteiger partial charge < -0.3 is 14.5 Å². The zero-order valence-corrected chi connectivity index (χ0v) is 17.0. The van der Waals surface area contributed by atoms with E-state index in [9.17, 15) is 4.79 Å². The predicted octanol–water partition coefficient (Wildman–Crippen LogP) is 4.80. The Balaban J connectivity index is 1.49. The smallest absolute Gasteiger partial charge is 0.244 e. The molecule has 0 aliphatic carbocycles. The number of rotatable bonds is 8. The molecular weight excluding hydrogens is 397 g/mol. The highest BCUT2D eigenvalue weighted by atomic mass is 35.5. The lowest BCUT2D eigenvalue weighted by Crippen LogP contribution is -2.23. The van der Waals surface area contributed by atoms with Crippen LogP contribution in [0.15, 0.2) is 48.8 Å². The predicted molar refractivity (Wildman–Crippen MR) is 113 cm³/mol. The molecule has 28 heavy (non-hydrogen) atoms. The highest BCUT2D eigenvalue weighted by molar-refractivity contribution is 6.36. The van der Waals surface area contributed by atoms with E-state index in [-0.39, 0.29) is 5.91 Å². The van der Waals surface area contributed by atoms with Gasteiger partial charge in [-0.2, -0.15) is 0 Å². The average Bonchev–Trinajstić information content (AvgIpc) is 3.08. The van der Waals surface area contributed by atoms with Gasteiger partial charge in [0, 0.05) is 31.4 Å². The summed E-state index contributed by atoms with van der Waals surface area (Å²) in [5, 5.41) is 3.90. The first-order valence-corrected chi connectivity index (χ1v) is 9.82. The van der Waals surface area contributed by atoms with Crippen LogP contribution in [-0.4, -0.2) is 28.4 Å². The lowest BCUT2D eigenvalue weighted by Gasteiger charge is -2.04. The minimum atomic E-state index is -0.156. The number of ether oxygens (including phenoxy) is 1. The summed E-state index contributed by atoms with van der Waals surface area (Å²) in [6.07, 6.45) is 8.46. The SMILES string of the molecule is CCCOc1ccc(/C=C/C(=O)NCCc2cn3cc(Cl)cc(Cl)c3n2)cc1. The van der Waals surface area contributed by atoms with Crippen LogP contribution in [0, 0.1) is 0 Å². The first kappa shape index (κ1) is 20.2. The van der Waals surface area contributed by atoms with Crippen molar-refractivity contribution in [1.82, 2.24) is 14.7 Å². The topological polar surface area (TPSA) is 55.6 Å². The number of imidazole rings is 1. The number of halogens is 2. The summed E-state index contributed by atoms with van der Waals surface area (Å²) in [7, 11) is 0. The van der Waals surface area contributed by atoms with Crippen LogP contribution < -0.4 is 10.1 Å². The Morgan fingerprint density at radius 2 is 2.04 bits per heavy atom. The van der Waals surface area contributed by atoms with Gasteiger partial charge in [-0.1, -0.05) is 42.3 Å². The molecule has 0 saturated carbocycles. The molecule has 3 rings (SSSR count). The molecule has 0 spiro atoms. The third-order valence-corrected chi connectivity index (χ3v) is 4.47. The van der Waals surface area contributed by atoms with Crippen molar-refractivity contribution in [2.45, 2.75) is 19.8 Å². The molecular formula is C21H21Cl2N3O2. The van der Waals surface area contributed by atoms with Gasteiger partial charge in [0.15, 0.2) is 5.65 Å². The zero-order valence-electron chi connectivity index (χ0n) is 15.5. The van der Waals surface area contributed by atoms with Gasteiger partial charge in [0.25, 0.3) is 0 Å². The van der Waals surface area contributed by atoms with E-state index in [1.54, 1.807) is 22.7 Å². The first-order valence-electron chi connectivity index (χ1n) is 9.06. The number of nitrogens with zero attached hydrogens (tertiary/aromatic N) is 2. The highest BCUT2D eigenvalue weighted by Gasteiger charge is 2.07. The van der Waals surface area contributed by atoms with E-state index in [4.69, 9.17) is 27.9 Å². The van der Waals surface area contributed by atoms with E-state index in [0.717, 1.165) is 23.4 Å². The fourth-order valence-electron chi connectivity index (χ4n) is 2.64. The Morgan fingerprint density at radius 3 is 2.79 bits per heavy atom. The number of fused-ring (bicyclic) bond motifs is 1. The molecule has 1 N–H and O–H groups in total. The third kappa shape index (κ3) is 5.50. The maximum Gasteiger partial charge on any atom is 0.244 e. The monoisotopic (exact) mass is 417 g/mol. The molecule has 0 saturated heterocycles. The second-order valence-electron chi connectivity index (χ2n) is 6.26. The second kappa shape index (κ2) is 9.62. The summed E-state index contributed by atoms with van der Waals surface area (Å²) in [6.45, 7) is 3.24. The maximum absolute atomic E-state index is 12.0. The Labute approximate surface area is 173 Å². The zero-order chi connectivity index (χ0) is 19.9. The standard InChI is InChI=1S/C21H21Cl2N3O2/c1-2-11-28-18-6-3-15(4-7-18)5-8-20(27)24-10-9-17-14-26-13-16(22)12-19(23)21(26)25-17/h3-8,12-14H,2,9-11H2,1H3,(H,24,27)/b8-5+. The number of carbonyl (C=O) groups excluding carboxylic acids is 1. The summed E-state index contributed by atoms with van der Waals surface area (Å²) in [6, 6.07) is 9.28. The number of aromatic nitrogens is 2. The molecule has 3 aromatic rings. The van der Waals surface area contributed by atoms with Crippen LogP contribution in [0.3, 0.4) is 0 Å². The van der Waals surface area contributed by atoms with Crippen LogP contribution in [0.25, 0.3) is 11.7 Å². The fraction of sp³-hybridized carbons (Fsp3) is 0.238. The number of nitrogens with one attached hydrogen (secondary N) is 1. The number of benzene rings is 1. The number of hydrogen-bond donors (Lipinski definition) is 1. The molecule has 5 nitrogen and oxygen atoms in total. The fourth-order valence-corrected chi connectivity index (χ4v) is 3.16. The van der Waals surface area contributed by atoms with Crippen molar-refractivity contribution in [3.8, 4) is 5.75 Å². The van der Waals surface area contributed by atoms with E-state index < -0.39 is 0 Å². The van der Waals surface area contributed by atoms with Crippen molar-refractivity contribution in [3.05, 3.63) is 70.1 Å². The van der Waals surface area contributed by atoms with Crippen molar-refractivity contribution in [2.75, 3.05) is 13.2 Å². The van der Waals surface area contributed by atoms with Crippen LogP contribution in [0.4, 0.5) is 0 Å². The molecule has 7 heteroatoms. The summed E-state index contributed by atoms with van der Waals surface area (Å²) in [5.41, 5.74) is 2.42. The van der Waals surface area contributed by atoms with E-state index in [2.05, 4.69) is 17.2 Å². The van der Waals surface area contributed by atoms with Crippen LogP contribution in [0.2, 0.25) is 10.0 Å². The number of carbonyl (C=O) groups is 1. The maximum atomic E-state index is 12.0. The number of amides is 1. The van der Waals surface area contributed by atoms with Crippen LogP contribution in [0.1, 0.15) is 24.6 Å². The summed E-state index contributed by atoms with van der Waals surface area (Å²) >= 11 is 12.1. The molecule has 0 radical (unpaired) electrons. The van der Waals surface area contributed by atoms with Crippen molar-refractivity contribution in [1.29, 1.82) is 0 Å². The van der Waals surface area contributed by atoms with Crippen molar-refractivity contribution < 1.29 is 9.53 Å². The van der Waals surface area contributed by atoms with Gasteiger partial charge in [-0.15, -0.1) is 0 Å². The van der Waals surface area contributed by atoms with Gasteiger partial charge in [-0.3, -0.25) is 4.79 Å². The number of pyridine rings is 1. The summed E-state index contributed by atoms with van der Waals surface area (Å²) < 4.78 is 7.33. The molecule has 146 valence electrons. The van der Waals surface area contributed by atoms with Gasteiger partial charge in [-0.05, 0) is 36.3 Å². The minimum absolute atomic E-state index is 0.156. The highest BCUT2D eigenvalue weighted by Crippen LogP contribution is 2.21. The van der Waals surface area contributed by atoms with Gasteiger partial charge in [0.2, 0.25) is 5.91 Å². The number of hydrogen-bond acceptors (Lipinski definition) is 3. The first-order chi connectivity index (χ1) is 13.5. The average molecular weight is 418 g/mol. The molecule has 0 aliphatic heterocycles. The molecule has 0 bridgehead atoms. The molecule has 2 aromatic heterocycles. The van der Waals surface area contributed by atoms with Crippen LogP contribution in [0.5, 0.6) is 5.75 Å². The molecule has 1 aromatic carbocycles. The molecule has 0 unspecified atom stereocenters. The minimum Gasteiger partial charge on any atom is -0.494 e. The lowest BCUT2D eigenvalue weighted by atomic mass is 10.2. The van der Waals surface area contributed by atoms with Gasteiger partial charge in [0.1, 0.15) is 5.75 Å². The molecule has 0 aliphatic rings. The Kier molecular flexibility index (Phi) is 6.95. The van der Waals surface area contributed by atoms with Gasteiger partial charge in [0.05, 0.1) is 22.3 Å². The molecule has 0 atom stereocenters. The van der Waals surface area contributed by atoms with E-state index >= 15 is 0 Å². The molecule has 1 amide bonds. The molecule has 2 heterocycles. The van der Waals surface area contributed by atoms with Crippen LogP contribution >= 0.6 is 23.2 Å². The van der Waals surface area contributed by atoms with Crippen LogP contribution in [-0.2, 0) is 11.2 Å². The second-order valence-corrected chi connectivity index (χ2v) is 7.10. The van der Waals surface area contributed by atoms with E-state index in [1.165, 1.54) is 6.08 Å². The third-order valence-electron chi connectivity index (χ3n) is 3.98. The Morgan fingerprint density at radius 1 is 1.25 bits per heavy atom. The molecule has 0 fully saturated rings. The summed E-state index contributed by atoms with van der Waals surface area (Å²) in [4.78, 5) is 16.5. The van der Waals surface area contributed by atoms with E-state index in [1.807, 2.05) is 30.5 Å². The largest absolute Gasteiger partial charge is 0.494 e. The van der Waals surface area contributed by atoms with Crippen molar-refractivity contribution >= 4 is 40.8 Å².